The summed E-state index contributed by atoms with van der Waals surface area (Å²) in [5.41, 5.74) is -0.740. The van der Waals surface area contributed by atoms with Crippen molar-refractivity contribution in [2.45, 2.75) is 50.5 Å². The largest absolute Gasteiger partial charge is 0.481 e. The van der Waals surface area contributed by atoms with E-state index >= 15 is 0 Å². The number of amides is 2. The van der Waals surface area contributed by atoms with Gasteiger partial charge in [-0.05, 0) is 44.4 Å². The van der Waals surface area contributed by atoms with E-state index < -0.39 is 11.4 Å². The van der Waals surface area contributed by atoms with Crippen LogP contribution in [0.25, 0.3) is 0 Å². The fourth-order valence-corrected chi connectivity index (χ4v) is 4.43. The van der Waals surface area contributed by atoms with Crippen LogP contribution in [0.1, 0.15) is 44.9 Å². The average Bonchev–Trinajstić information content (AvgIpc) is 2.99. The Morgan fingerprint density at radius 3 is 2.64 bits per heavy atom. The van der Waals surface area contributed by atoms with Gasteiger partial charge in [0.05, 0.1) is 11.0 Å². The molecule has 1 aliphatic heterocycles. The van der Waals surface area contributed by atoms with Gasteiger partial charge in [-0.1, -0.05) is 6.42 Å². The van der Waals surface area contributed by atoms with Gasteiger partial charge in [-0.3, -0.25) is 4.79 Å². The second-order valence-electron chi connectivity index (χ2n) is 7.15. The zero-order valence-electron chi connectivity index (χ0n) is 13.3. The third-order valence-corrected chi connectivity index (χ3v) is 6.14. The highest BCUT2D eigenvalue weighted by Gasteiger charge is 2.55. The van der Waals surface area contributed by atoms with Gasteiger partial charge < -0.3 is 20.1 Å². The van der Waals surface area contributed by atoms with Crippen LogP contribution < -0.4 is 5.32 Å². The maximum Gasteiger partial charge on any atom is 0.317 e. The second kappa shape index (κ2) is 5.72. The molecule has 2 atom stereocenters. The van der Waals surface area contributed by atoms with Gasteiger partial charge in [0, 0.05) is 26.7 Å². The number of urea groups is 1. The molecule has 124 valence electrons. The summed E-state index contributed by atoms with van der Waals surface area (Å²) in [6.07, 6.45) is 6.73. The number of methoxy groups -OCH3 is 1. The summed E-state index contributed by atoms with van der Waals surface area (Å²) in [6, 6.07) is -0.124. The van der Waals surface area contributed by atoms with Crippen LogP contribution in [0.5, 0.6) is 0 Å². The molecule has 0 spiro atoms. The number of nitrogens with one attached hydrogen (secondary N) is 1. The van der Waals surface area contributed by atoms with Crippen LogP contribution in [-0.2, 0) is 9.53 Å². The van der Waals surface area contributed by atoms with E-state index in [2.05, 4.69) is 5.32 Å². The fraction of sp³-hybridized carbons (Fsp3) is 0.875. The Morgan fingerprint density at radius 2 is 2.09 bits per heavy atom. The molecule has 22 heavy (non-hydrogen) atoms. The van der Waals surface area contributed by atoms with Gasteiger partial charge >= 0.3 is 12.0 Å². The first kappa shape index (κ1) is 15.6. The molecule has 3 rings (SSSR count). The van der Waals surface area contributed by atoms with Crippen molar-refractivity contribution in [2.75, 3.05) is 26.7 Å². The number of hydrogen-bond donors (Lipinski definition) is 2. The van der Waals surface area contributed by atoms with E-state index in [0.717, 1.165) is 32.1 Å². The first-order valence-corrected chi connectivity index (χ1v) is 8.33. The lowest BCUT2D eigenvalue weighted by Gasteiger charge is -2.40. The average molecular weight is 310 g/mol. The van der Waals surface area contributed by atoms with Crippen molar-refractivity contribution in [2.24, 2.45) is 11.3 Å². The highest BCUT2D eigenvalue weighted by molar-refractivity contribution is 5.80. The van der Waals surface area contributed by atoms with Gasteiger partial charge in [0.15, 0.2) is 0 Å². The fourth-order valence-electron chi connectivity index (χ4n) is 4.43. The van der Waals surface area contributed by atoms with Crippen molar-refractivity contribution in [3.8, 4) is 0 Å². The molecule has 1 heterocycles. The summed E-state index contributed by atoms with van der Waals surface area (Å²) in [5, 5.41) is 12.5. The lowest BCUT2D eigenvalue weighted by atomic mass is 9.77. The number of fused-ring (bicyclic) bond motifs is 1. The summed E-state index contributed by atoms with van der Waals surface area (Å²) in [7, 11) is 1.74. The van der Waals surface area contributed by atoms with Gasteiger partial charge in [-0.25, -0.2) is 4.79 Å². The molecule has 0 aromatic heterocycles. The zero-order valence-corrected chi connectivity index (χ0v) is 13.3. The molecule has 0 aromatic carbocycles. The summed E-state index contributed by atoms with van der Waals surface area (Å²) in [5.74, 6) is -0.620. The predicted molar refractivity (Wildman–Crippen MR) is 80.6 cm³/mol. The molecule has 1 saturated heterocycles. The van der Waals surface area contributed by atoms with E-state index in [4.69, 9.17) is 4.74 Å². The molecule has 2 aliphatic carbocycles. The maximum absolute atomic E-state index is 12.3. The molecule has 2 saturated carbocycles. The van der Waals surface area contributed by atoms with Crippen molar-refractivity contribution in [3.05, 3.63) is 0 Å². The number of carbonyl (C=O) groups excluding carboxylic acids is 1. The number of carboxylic acid groups (broad SMARTS) is 1. The highest BCUT2D eigenvalue weighted by atomic mass is 16.5. The molecular formula is C16H26N2O4. The second-order valence-corrected chi connectivity index (χ2v) is 7.15. The van der Waals surface area contributed by atoms with Crippen molar-refractivity contribution in [3.63, 3.8) is 0 Å². The predicted octanol–water partition coefficient (Wildman–Crippen LogP) is 1.84. The first-order valence-electron chi connectivity index (χ1n) is 8.33. The molecule has 6 nitrogen and oxygen atoms in total. The van der Waals surface area contributed by atoms with Gasteiger partial charge in [0.2, 0.25) is 0 Å². The number of carbonyl (C=O) groups is 2. The topological polar surface area (TPSA) is 78.9 Å². The minimum Gasteiger partial charge on any atom is -0.481 e. The molecule has 2 amide bonds. The molecule has 3 aliphatic rings. The van der Waals surface area contributed by atoms with E-state index in [-0.39, 0.29) is 17.6 Å². The standard InChI is InChI=1S/C16H26N2O4/c1-22-15(5-3-6-15)8-9-17-14(21)18-10-12-4-2-7-16(12,11-18)13(19)20/h12H,2-11H2,1H3,(H,17,21)(H,19,20)/t12-,16+/m0/s1. The molecule has 3 fully saturated rings. The Kier molecular flexibility index (Phi) is 4.05. The van der Waals surface area contributed by atoms with Crippen molar-refractivity contribution < 1.29 is 19.4 Å². The number of carboxylic acids is 1. The van der Waals surface area contributed by atoms with Crippen LogP contribution in [0.15, 0.2) is 0 Å². The van der Waals surface area contributed by atoms with E-state index in [9.17, 15) is 14.7 Å². The molecule has 2 N–H and O–H groups in total. The Labute approximate surface area is 131 Å². The van der Waals surface area contributed by atoms with Gasteiger partial charge in [0.1, 0.15) is 0 Å². The summed E-state index contributed by atoms with van der Waals surface area (Å²) >= 11 is 0. The maximum atomic E-state index is 12.3. The molecule has 0 aromatic rings. The number of rotatable bonds is 5. The van der Waals surface area contributed by atoms with E-state index in [0.29, 0.717) is 26.1 Å². The van der Waals surface area contributed by atoms with Gasteiger partial charge in [-0.2, -0.15) is 0 Å². The van der Waals surface area contributed by atoms with Crippen LogP contribution in [0.2, 0.25) is 0 Å². The Hall–Kier alpha value is -1.30. The minimum atomic E-state index is -0.738. The van der Waals surface area contributed by atoms with Gasteiger partial charge in [-0.15, -0.1) is 0 Å². The van der Waals surface area contributed by atoms with Gasteiger partial charge in [0.25, 0.3) is 0 Å². The van der Waals surface area contributed by atoms with Crippen LogP contribution in [0.3, 0.4) is 0 Å². The SMILES string of the molecule is COC1(CCNC(=O)N2C[C@@H]3CCC[C@@]3(C(=O)O)C2)CCC1. The lowest BCUT2D eigenvalue weighted by Crippen LogP contribution is -2.45. The Balaban J connectivity index is 1.50. The Bertz CT molecular complexity index is 458. The van der Waals surface area contributed by atoms with E-state index in [1.54, 1.807) is 12.0 Å². The summed E-state index contributed by atoms with van der Waals surface area (Å²) in [6.45, 7) is 1.52. The molecule has 0 bridgehead atoms. The number of nitrogens with zero attached hydrogens (tertiary/aromatic N) is 1. The van der Waals surface area contributed by atoms with Crippen molar-refractivity contribution in [1.29, 1.82) is 0 Å². The number of hydrogen-bond acceptors (Lipinski definition) is 3. The van der Waals surface area contributed by atoms with Crippen LogP contribution in [-0.4, -0.2) is 54.4 Å². The third kappa shape index (κ3) is 2.47. The summed E-state index contributed by atoms with van der Waals surface area (Å²) in [4.78, 5) is 25.6. The lowest BCUT2D eigenvalue weighted by molar-refractivity contribution is -0.149. The molecular weight excluding hydrogens is 284 g/mol. The third-order valence-electron chi connectivity index (χ3n) is 6.14. The monoisotopic (exact) mass is 310 g/mol. The summed E-state index contributed by atoms with van der Waals surface area (Å²) < 4.78 is 5.55. The zero-order chi connectivity index (χ0) is 15.8. The molecule has 0 unspecified atom stereocenters. The smallest absolute Gasteiger partial charge is 0.317 e. The normalized spacial score (nSPS) is 32.4. The van der Waals surface area contributed by atoms with Crippen molar-refractivity contribution >= 4 is 12.0 Å². The van der Waals surface area contributed by atoms with Crippen LogP contribution in [0.4, 0.5) is 4.79 Å². The number of ether oxygens (including phenoxy) is 1. The Morgan fingerprint density at radius 1 is 1.32 bits per heavy atom. The van der Waals surface area contributed by atoms with E-state index in [1.165, 1.54) is 6.42 Å². The highest BCUT2D eigenvalue weighted by Crippen LogP contribution is 2.48. The van der Waals surface area contributed by atoms with Crippen LogP contribution in [0, 0.1) is 11.3 Å². The van der Waals surface area contributed by atoms with E-state index in [1.807, 2.05) is 0 Å². The quantitative estimate of drug-likeness (QED) is 0.812. The number of aliphatic carboxylic acids is 1. The van der Waals surface area contributed by atoms with Crippen molar-refractivity contribution in [1.82, 2.24) is 10.2 Å². The minimum absolute atomic E-state index is 0.0446. The molecule has 0 radical (unpaired) electrons. The molecule has 6 heteroatoms. The van der Waals surface area contributed by atoms with Crippen LogP contribution >= 0.6 is 0 Å². The first-order chi connectivity index (χ1) is 10.5. The number of likely N-dealkylation sites (tertiary alicyclic amines) is 1.